The molecule has 2 N–H and O–H groups in total. The monoisotopic (exact) mass is 478 g/mol. The van der Waals surface area contributed by atoms with Crippen LogP contribution in [0.1, 0.15) is 35.8 Å². The van der Waals surface area contributed by atoms with Crippen LogP contribution in [0.2, 0.25) is 0 Å². The Morgan fingerprint density at radius 3 is 1.03 bits per heavy atom. The summed E-state index contributed by atoms with van der Waals surface area (Å²) >= 11 is 0. The maximum Gasteiger partial charge on any atom is 0.310 e. The Hall–Kier alpha value is -3.82. The minimum Gasteiger partial charge on any atom is -0.493 e. The third kappa shape index (κ3) is 5.56. The lowest BCUT2D eigenvalue weighted by Crippen LogP contribution is -2.17. The molecule has 34 heavy (non-hydrogen) atoms. The van der Waals surface area contributed by atoms with Gasteiger partial charge in [0.05, 0.1) is 54.5 Å². The molecule has 0 amide bonds. The van der Waals surface area contributed by atoms with Crippen molar-refractivity contribution in [2.75, 3.05) is 42.7 Å². The largest absolute Gasteiger partial charge is 0.493 e. The molecule has 0 saturated carbocycles. The van der Waals surface area contributed by atoms with Crippen LogP contribution in [0.5, 0.6) is 34.5 Å². The first kappa shape index (κ1) is 26.4. The van der Waals surface area contributed by atoms with Crippen molar-refractivity contribution in [3.05, 3.63) is 35.4 Å². The van der Waals surface area contributed by atoms with Gasteiger partial charge in [0.1, 0.15) is 0 Å². The minimum atomic E-state index is -1.11. The van der Waals surface area contributed by atoms with Crippen molar-refractivity contribution in [3.63, 3.8) is 0 Å². The third-order valence-corrected chi connectivity index (χ3v) is 5.52. The number of carboxylic acids is 2. The number of carboxylic acid groups (broad SMARTS) is 2. The Morgan fingerprint density at radius 1 is 0.588 bits per heavy atom. The molecule has 2 aromatic carbocycles. The highest BCUT2D eigenvalue weighted by atomic mass is 16.5. The Bertz CT molecular complexity index is 885. The second-order valence-corrected chi connectivity index (χ2v) is 7.28. The summed E-state index contributed by atoms with van der Waals surface area (Å²) < 4.78 is 31.9. The van der Waals surface area contributed by atoms with Crippen molar-refractivity contribution in [2.45, 2.75) is 24.7 Å². The molecule has 0 heterocycles. The zero-order chi connectivity index (χ0) is 25.4. The zero-order valence-corrected chi connectivity index (χ0v) is 20.0. The lowest BCUT2D eigenvalue weighted by molar-refractivity contribution is -0.141. The van der Waals surface area contributed by atoms with Gasteiger partial charge in [-0.1, -0.05) is 0 Å². The average Bonchev–Trinajstić information content (AvgIpc) is 2.84. The molecule has 0 spiro atoms. The Morgan fingerprint density at radius 2 is 0.853 bits per heavy atom. The first-order valence-corrected chi connectivity index (χ1v) is 10.3. The van der Waals surface area contributed by atoms with Crippen LogP contribution >= 0.6 is 0 Å². The van der Waals surface area contributed by atoms with E-state index in [1.807, 2.05) is 0 Å². The predicted octanol–water partition coefficient (Wildman–Crippen LogP) is 3.56. The van der Waals surface area contributed by atoms with Gasteiger partial charge in [0.15, 0.2) is 23.0 Å². The van der Waals surface area contributed by atoms with Crippen molar-refractivity contribution < 1.29 is 48.2 Å². The van der Waals surface area contributed by atoms with E-state index in [1.54, 1.807) is 24.3 Å². The number of hydrogen-bond donors (Lipinski definition) is 2. The standard InChI is InChI=1S/C24H30O10/c1-29-17-9-13(10-18(30-2)21(17)33-5)15(23(25)26)7-8-16(24(27)28)14-11-19(31-3)22(34-6)20(12-14)32-4/h9-12,15-16H,7-8H2,1-6H3,(H,25,26)(H,27,28). The molecule has 2 rings (SSSR count). The van der Waals surface area contributed by atoms with E-state index in [4.69, 9.17) is 28.4 Å². The van der Waals surface area contributed by atoms with Gasteiger partial charge in [-0.15, -0.1) is 0 Å². The van der Waals surface area contributed by atoms with Crippen molar-refractivity contribution in [3.8, 4) is 34.5 Å². The molecule has 10 heteroatoms. The van der Waals surface area contributed by atoms with E-state index in [0.29, 0.717) is 45.6 Å². The van der Waals surface area contributed by atoms with E-state index >= 15 is 0 Å². The number of hydrogen-bond acceptors (Lipinski definition) is 8. The normalized spacial score (nSPS) is 12.3. The van der Waals surface area contributed by atoms with Gasteiger partial charge < -0.3 is 38.6 Å². The number of rotatable bonds is 13. The van der Waals surface area contributed by atoms with E-state index in [1.165, 1.54) is 42.7 Å². The molecule has 0 aromatic heterocycles. The number of aliphatic carboxylic acids is 2. The first-order chi connectivity index (χ1) is 16.3. The van der Waals surface area contributed by atoms with Gasteiger partial charge in [0.25, 0.3) is 0 Å². The summed E-state index contributed by atoms with van der Waals surface area (Å²) in [6.07, 6.45) is 0.0587. The van der Waals surface area contributed by atoms with Crippen LogP contribution in [0.4, 0.5) is 0 Å². The van der Waals surface area contributed by atoms with Crippen LogP contribution in [0, 0.1) is 0 Å². The van der Waals surface area contributed by atoms with Gasteiger partial charge in [0, 0.05) is 0 Å². The Labute approximate surface area is 197 Å². The summed E-state index contributed by atoms with van der Waals surface area (Å²) in [5.74, 6) is -2.35. The molecule has 0 saturated heterocycles. The van der Waals surface area contributed by atoms with Crippen LogP contribution in [0.25, 0.3) is 0 Å². The first-order valence-electron chi connectivity index (χ1n) is 10.3. The number of ether oxygens (including phenoxy) is 6. The summed E-state index contributed by atoms with van der Waals surface area (Å²) in [7, 11) is 8.63. The number of carbonyl (C=O) groups is 2. The lowest BCUT2D eigenvalue weighted by atomic mass is 9.86. The maximum atomic E-state index is 12.1. The molecule has 2 atom stereocenters. The molecule has 2 aromatic rings. The molecule has 0 bridgehead atoms. The summed E-state index contributed by atoms with van der Waals surface area (Å²) in [5.41, 5.74) is 0.798. The van der Waals surface area contributed by atoms with Crippen LogP contribution in [-0.2, 0) is 9.59 Å². The van der Waals surface area contributed by atoms with E-state index in [0.717, 1.165) is 0 Å². The molecule has 10 nitrogen and oxygen atoms in total. The summed E-state index contributed by atoms with van der Waals surface area (Å²) in [6, 6.07) is 6.20. The predicted molar refractivity (Wildman–Crippen MR) is 122 cm³/mol. The number of methoxy groups -OCH3 is 6. The zero-order valence-electron chi connectivity index (χ0n) is 20.0. The third-order valence-electron chi connectivity index (χ3n) is 5.52. The fraction of sp³-hybridized carbons (Fsp3) is 0.417. The fourth-order valence-electron chi connectivity index (χ4n) is 3.80. The van der Waals surface area contributed by atoms with Crippen molar-refractivity contribution in [2.24, 2.45) is 0 Å². The highest BCUT2D eigenvalue weighted by Crippen LogP contribution is 2.43. The molecule has 0 fully saturated rings. The topological polar surface area (TPSA) is 130 Å². The highest BCUT2D eigenvalue weighted by molar-refractivity contribution is 5.79. The molecule has 0 aliphatic rings. The van der Waals surface area contributed by atoms with Gasteiger partial charge in [0.2, 0.25) is 11.5 Å². The Kier molecular flexibility index (Phi) is 9.23. The lowest BCUT2D eigenvalue weighted by Gasteiger charge is -2.21. The quantitative estimate of drug-likeness (QED) is 0.441. The van der Waals surface area contributed by atoms with E-state index < -0.39 is 23.8 Å². The van der Waals surface area contributed by atoms with E-state index in [2.05, 4.69) is 0 Å². The SMILES string of the molecule is COc1cc(C(CCC(C(=O)O)c2cc(OC)c(OC)c(OC)c2)C(=O)O)cc(OC)c1OC. The number of benzene rings is 2. The van der Waals surface area contributed by atoms with Crippen LogP contribution in [0.3, 0.4) is 0 Å². The van der Waals surface area contributed by atoms with Gasteiger partial charge in [-0.05, 0) is 48.2 Å². The van der Waals surface area contributed by atoms with Crippen LogP contribution in [-0.4, -0.2) is 64.8 Å². The van der Waals surface area contributed by atoms with Crippen LogP contribution in [0.15, 0.2) is 24.3 Å². The van der Waals surface area contributed by atoms with Crippen molar-refractivity contribution in [1.29, 1.82) is 0 Å². The maximum absolute atomic E-state index is 12.1. The summed E-state index contributed by atoms with van der Waals surface area (Å²) in [4.78, 5) is 24.3. The highest BCUT2D eigenvalue weighted by Gasteiger charge is 2.29. The van der Waals surface area contributed by atoms with Gasteiger partial charge in [-0.25, -0.2) is 0 Å². The minimum absolute atomic E-state index is 0.0294. The van der Waals surface area contributed by atoms with Crippen molar-refractivity contribution in [1.82, 2.24) is 0 Å². The smallest absolute Gasteiger partial charge is 0.310 e. The summed E-state index contributed by atoms with van der Waals surface area (Å²) in [5, 5.41) is 19.8. The average molecular weight is 478 g/mol. The molecule has 0 radical (unpaired) electrons. The van der Waals surface area contributed by atoms with Crippen LogP contribution < -0.4 is 28.4 Å². The fourth-order valence-corrected chi connectivity index (χ4v) is 3.80. The molecule has 0 aliphatic carbocycles. The van der Waals surface area contributed by atoms with Gasteiger partial charge in [-0.3, -0.25) is 9.59 Å². The van der Waals surface area contributed by atoms with E-state index in [9.17, 15) is 19.8 Å². The second kappa shape index (κ2) is 11.9. The van der Waals surface area contributed by atoms with Gasteiger partial charge in [-0.2, -0.15) is 0 Å². The molecule has 0 aliphatic heterocycles. The summed E-state index contributed by atoms with van der Waals surface area (Å²) in [6.45, 7) is 0. The van der Waals surface area contributed by atoms with Crippen molar-refractivity contribution >= 4 is 11.9 Å². The molecule has 186 valence electrons. The second-order valence-electron chi connectivity index (χ2n) is 7.28. The molecular formula is C24H30O10. The Balaban J connectivity index is 2.44. The molecular weight excluding hydrogens is 448 g/mol. The van der Waals surface area contributed by atoms with E-state index in [-0.39, 0.29) is 12.8 Å². The molecule has 2 unspecified atom stereocenters. The van der Waals surface area contributed by atoms with Gasteiger partial charge >= 0.3 is 11.9 Å².